The highest BCUT2D eigenvalue weighted by atomic mass is 32.2. The van der Waals surface area contributed by atoms with Gasteiger partial charge < -0.3 is 4.84 Å². The maximum absolute atomic E-state index is 10.8. The zero-order valence-corrected chi connectivity index (χ0v) is 10.7. The number of sulfone groups is 1. The van der Waals surface area contributed by atoms with Gasteiger partial charge in [-0.05, 0) is 17.0 Å². The fourth-order valence-electron chi connectivity index (χ4n) is 0.876. The first-order valence-corrected chi connectivity index (χ1v) is 7.68. The molecule has 1 N–H and O–H groups in total. The van der Waals surface area contributed by atoms with E-state index in [1.807, 2.05) is 0 Å². The van der Waals surface area contributed by atoms with Crippen LogP contribution in [0.3, 0.4) is 0 Å². The lowest BCUT2D eigenvalue weighted by Gasteiger charge is -1.93. The van der Waals surface area contributed by atoms with Gasteiger partial charge in [-0.1, -0.05) is 18.2 Å². The summed E-state index contributed by atoms with van der Waals surface area (Å²) < 4.78 is 45.1. The standard InChI is InChI=1S/C7H8O2S.CHNO5S/c1-10(8,9)7-5-3-2-4-6-7;3-1-6-2-8(4,5)7-1/h2-6H,1H3;2H. The molecule has 0 spiro atoms. The van der Waals surface area contributed by atoms with Crippen molar-refractivity contribution in [1.82, 2.24) is 4.89 Å². The predicted octanol–water partition coefficient (Wildman–Crippen LogP) is -0.00730. The summed E-state index contributed by atoms with van der Waals surface area (Å²) in [6, 6.07) is 8.35. The molecule has 1 fully saturated rings. The largest absolute Gasteiger partial charge is 0.545 e. The van der Waals surface area contributed by atoms with Crippen LogP contribution in [0.1, 0.15) is 0 Å². The molecule has 0 bridgehead atoms. The molecule has 0 saturated carbocycles. The van der Waals surface area contributed by atoms with E-state index in [4.69, 9.17) is 0 Å². The molecule has 2 rings (SSSR count). The third kappa shape index (κ3) is 4.69. The van der Waals surface area contributed by atoms with Crippen LogP contribution in [-0.4, -0.2) is 29.2 Å². The highest BCUT2D eigenvalue weighted by Gasteiger charge is 2.28. The molecule has 0 aliphatic carbocycles. The SMILES string of the molecule is CS(=O)(=O)c1ccccc1.O=C1ONS(=O)(=O)O1. The summed E-state index contributed by atoms with van der Waals surface area (Å²) in [6.45, 7) is 0. The lowest BCUT2D eigenvalue weighted by atomic mass is 10.4. The van der Waals surface area contributed by atoms with Crippen molar-refractivity contribution in [3.05, 3.63) is 30.3 Å². The minimum Gasteiger partial charge on any atom is -0.319 e. The molecular formula is C8H9NO7S2. The first kappa shape index (κ1) is 14.4. The van der Waals surface area contributed by atoms with Crippen molar-refractivity contribution in [3.8, 4) is 0 Å². The number of carbonyl (C=O) groups is 1. The van der Waals surface area contributed by atoms with Gasteiger partial charge in [-0.15, -0.1) is 0 Å². The van der Waals surface area contributed by atoms with Gasteiger partial charge in [0.2, 0.25) is 0 Å². The number of rotatable bonds is 1. The summed E-state index contributed by atoms with van der Waals surface area (Å²) in [5, 5.41) is 0. The number of nitrogens with one attached hydrogen (secondary N) is 1. The van der Waals surface area contributed by atoms with E-state index in [0.29, 0.717) is 4.90 Å². The molecule has 1 aliphatic heterocycles. The summed E-state index contributed by atoms with van der Waals surface area (Å²) in [5.74, 6) is 0. The second-order valence-electron chi connectivity index (χ2n) is 3.06. The lowest BCUT2D eigenvalue weighted by Crippen LogP contribution is -2.12. The molecule has 18 heavy (non-hydrogen) atoms. The van der Waals surface area contributed by atoms with Crippen LogP contribution in [-0.2, 0) is 29.2 Å². The van der Waals surface area contributed by atoms with E-state index < -0.39 is 26.3 Å². The first-order chi connectivity index (χ1) is 8.21. The third-order valence-corrected chi connectivity index (χ3v) is 3.35. The Labute approximate surface area is 104 Å². The van der Waals surface area contributed by atoms with Crippen molar-refractivity contribution in [3.63, 3.8) is 0 Å². The van der Waals surface area contributed by atoms with Gasteiger partial charge in [0.1, 0.15) is 0 Å². The van der Waals surface area contributed by atoms with Gasteiger partial charge in [-0.25, -0.2) is 13.2 Å². The Morgan fingerprint density at radius 2 is 1.72 bits per heavy atom. The molecule has 1 saturated heterocycles. The monoisotopic (exact) mass is 295 g/mol. The van der Waals surface area contributed by atoms with Crippen LogP contribution in [0.5, 0.6) is 0 Å². The van der Waals surface area contributed by atoms with Gasteiger partial charge in [0, 0.05) is 6.26 Å². The molecule has 0 radical (unpaired) electrons. The summed E-state index contributed by atoms with van der Waals surface area (Å²) in [6.07, 6.45) is -0.0625. The molecule has 100 valence electrons. The quantitative estimate of drug-likeness (QED) is 0.774. The summed E-state index contributed by atoms with van der Waals surface area (Å²) in [7, 11) is -6.92. The topological polar surface area (TPSA) is 116 Å². The second kappa shape index (κ2) is 5.33. The van der Waals surface area contributed by atoms with Gasteiger partial charge in [0.15, 0.2) is 9.84 Å². The van der Waals surface area contributed by atoms with Crippen LogP contribution < -0.4 is 4.89 Å². The second-order valence-corrected chi connectivity index (χ2v) is 6.32. The lowest BCUT2D eigenvalue weighted by molar-refractivity contribution is 0.114. The molecule has 8 nitrogen and oxygen atoms in total. The zero-order chi connectivity index (χ0) is 13.8. The normalized spacial score (nSPS) is 17.1. The molecule has 0 unspecified atom stereocenters. The Morgan fingerprint density at radius 3 is 1.94 bits per heavy atom. The van der Waals surface area contributed by atoms with Crippen LogP contribution in [0.4, 0.5) is 4.79 Å². The summed E-state index contributed by atoms with van der Waals surface area (Å²) in [4.78, 5) is 15.2. The van der Waals surface area contributed by atoms with Crippen LogP contribution in [0.15, 0.2) is 35.2 Å². The zero-order valence-electron chi connectivity index (χ0n) is 9.06. The van der Waals surface area contributed by atoms with E-state index in [9.17, 15) is 21.6 Å². The minimum absolute atomic E-state index is 0.370. The molecule has 1 heterocycles. The van der Waals surface area contributed by atoms with Crippen LogP contribution in [0.2, 0.25) is 0 Å². The van der Waals surface area contributed by atoms with Gasteiger partial charge in [0.25, 0.3) is 0 Å². The molecule has 0 amide bonds. The van der Waals surface area contributed by atoms with Crippen molar-refractivity contribution >= 4 is 26.3 Å². The van der Waals surface area contributed by atoms with Crippen molar-refractivity contribution in [1.29, 1.82) is 0 Å². The van der Waals surface area contributed by atoms with Crippen LogP contribution >= 0.6 is 0 Å². The van der Waals surface area contributed by atoms with Gasteiger partial charge >= 0.3 is 16.5 Å². The van der Waals surface area contributed by atoms with Crippen molar-refractivity contribution in [2.45, 2.75) is 4.90 Å². The Kier molecular flexibility index (Phi) is 4.27. The molecule has 0 atom stereocenters. The van der Waals surface area contributed by atoms with Crippen LogP contribution in [0.25, 0.3) is 0 Å². The van der Waals surface area contributed by atoms with Crippen molar-refractivity contribution < 1.29 is 30.7 Å². The molecule has 1 aromatic rings. The Hall–Kier alpha value is -1.65. The van der Waals surface area contributed by atoms with Crippen molar-refractivity contribution in [2.24, 2.45) is 0 Å². The summed E-state index contributed by atoms with van der Waals surface area (Å²) >= 11 is 0. The molecular weight excluding hydrogens is 286 g/mol. The maximum atomic E-state index is 10.8. The fraction of sp³-hybridized carbons (Fsp3) is 0.125. The number of hydrogen-bond donors (Lipinski definition) is 1. The van der Waals surface area contributed by atoms with E-state index >= 15 is 0 Å². The predicted molar refractivity (Wildman–Crippen MR) is 59.2 cm³/mol. The average molecular weight is 295 g/mol. The van der Waals surface area contributed by atoms with Gasteiger partial charge in [-0.2, -0.15) is 8.42 Å². The molecule has 10 heteroatoms. The number of benzene rings is 1. The molecule has 1 aromatic carbocycles. The van der Waals surface area contributed by atoms with E-state index in [2.05, 4.69) is 9.02 Å². The molecule has 0 aromatic heterocycles. The van der Waals surface area contributed by atoms with E-state index in [1.54, 1.807) is 30.3 Å². The van der Waals surface area contributed by atoms with Gasteiger partial charge in [-0.3, -0.25) is 4.18 Å². The van der Waals surface area contributed by atoms with Crippen LogP contribution in [0, 0.1) is 0 Å². The number of carbonyl (C=O) groups excluding carboxylic acids is 1. The smallest absolute Gasteiger partial charge is 0.319 e. The minimum atomic E-state index is -3.92. The molecule has 1 aliphatic rings. The maximum Gasteiger partial charge on any atom is 0.545 e. The fourth-order valence-corrected chi connectivity index (χ4v) is 1.95. The Balaban J connectivity index is 0.000000184. The van der Waals surface area contributed by atoms with Gasteiger partial charge in [0.05, 0.1) is 4.90 Å². The van der Waals surface area contributed by atoms with E-state index in [1.165, 1.54) is 11.1 Å². The number of hydrogen-bond acceptors (Lipinski definition) is 7. The Morgan fingerprint density at radius 1 is 1.17 bits per heavy atom. The summed E-state index contributed by atoms with van der Waals surface area (Å²) in [5.41, 5.74) is 0. The third-order valence-electron chi connectivity index (χ3n) is 1.58. The Bertz CT molecular complexity index is 621. The average Bonchev–Trinajstić information content (AvgIpc) is 2.57. The van der Waals surface area contributed by atoms with E-state index in [-0.39, 0.29) is 0 Å². The van der Waals surface area contributed by atoms with Crippen molar-refractivity contribution in [2.75, 3.05) is 6.26 Å². The first-order valence-electron chi connectivity index (χ1n) is 4.38. The van der Waals surface area contributed by atoms with E-state index in [0.717, 1.165) is 0 Å². The highest BCUT2D eigenvalue weighted by molar-refractivity contribution is 7.90. The highest BCUT2D eigenvalue weighted by Crippen LogP contribution is 2.05.